The van der Waals surface area contributed by atoms with Gasteiger partial charge in [-0.15, -0.1) is 5.10 Å². The number of rotatable bonds is 5. The van der Waals surface area contributed by atoms with E-state index in [2.05, 4.69) is 36.3 Å². The minimum atomic E-state index is 0.820. The van der Waals surface area contributed by atoms with Crippen LogP contribution in [-0.4, -0.2) is 34.9 Å². The van der Waals surface area contributed by atoms with Crippen molar-refractivity contribution in [2.75, 3.05) is 0 Å². The molecule has 5 aromatic rings. The SMILES string of the molecule is c1cnc2[nH]cc(CCCn3cc(-c4c[nH]c5ncccc45)nn3)c2c1. The highest BCUT2D eigenvalue weighted by Gasteiger charge is 2.10. The van der Waals surface area contributed by atoms with Gasteiger partial charge in [-0.3, -0.25) is 4.68 Å². The molecule has 0 aliphatic rings. The average Bonchev–Trinajstić information content (AvgIpc) is 3.40. The Labute approximate surface area is 149 Å². The first-order valence-electron chi connectivity index (χ1n) is 8.62. The molecule has 0 aromatic carbocycles. The maximum atomic E-state index is 4.33. The largest absolute Gasteiger partial charge is 0.346 e. The number of nitrogens with one attached hydrogen (secondary N) is 2. The van der Waals surface area contributed by atoms with Crippen LogP contribution < -0.4 is 0 Å². The van der Waals surface area contributed by atoms with E-state index in [1.807, 2.05) is 41.5 Å². The molecule has 0 radical (unpaired) electrons. The summed E-state index contributed by atoms with van der Waals surface area (Å²) in [5.41, 5.74) is 4.99. The van der Waals surface area contributed by atoms with E-state index >= 15 is 0 Å². The normalized spacial score (nSPS) is 11.5. The van der Waals surface area contributed by atoms with Crippen LogP contribution in [0.4, 0.5) is 0 Å². The van der Waals surface area contributed by atoms with E-state index in [-0.39, 0.29) is 0 Å². The van der Waals surface area contributed by atoms with Gasteiger partial charge in [-0.25, -0.2) is 9.97 Å². The van der Waals surface area contributed by atoms with Crippen LogP contribution in [0.5, 0.6) is 0 Å². The van der Waals surface area contributed by atoms with Crippen LogP contribution in [0.3, 0.4) is 0 Å². The van der Waals surface area contributed by atoms with E-state index in [9.17, 15) is 0 Å². The molecular formula is C19H17N7. The Morgan fingerprint density at radius 3 is 2.58 bits per heavy atom. The third-order valence-corrected chi connectivity index (χ3v) is 4.64. The number of hydrogen-bond donors (Lipinski definition) is 2. The third-order valence-electron chi connectivity index (χ3n) is 4.64. The van der Waals surface area contributed by atoms with Crippen LogP contribution in [0.15, 0.2) is 55.2 Å². The maximum Gasteiger partial charge on any atom is 0.137 e. The number of pyridine rings is 2. The van der Waals surface area contributed by atoms with Gasteiger partial charge < -0.3 is 9.97 Å². The Hall–Kier alpha value is -3.48. The first kappa shape index (κ1) is 14.8. The van der Waals surface area contributed by atoms with Crippen molar-refractivity contribution < 1.29 is 0 Å². The standard InChI is InChI=1S/C19H17N7/c1-5-14-13(10-22-18(14)20-7-1)4-3-9-26-12-17(24-25-26)16-11-23-19-15(16)6-2-8-21-19/h1-2,5-8,10-12H,3-4,9H2,(H,20,22)(H,21,23). The molecule has 0 amide bonds. The Balaban J connectivity index is 1.30. The molecule has 0 fully saturated rings. The zero-order valence-corrected chi connectivity index (χ0v) is 14.1. The molecule has 7 nitrogen and oxygen atoms in total. The molecule has 0 saturated heterocycles. The van der Waals surface area contributed by atoms with Gasteiger partial charge in [0.15, 0.2) is 0 Å². The highest BCUT2D eigenvalue weighted by Crippen LogP contribution is 2.25. The summed E-state index contributed by atoms with van der Waals surface area (Å²) in [5, 5.41) is 10.8. The monoisotopic (exact) mass is 343 g/mol. The van der Waals surface area contributed by atoms with Crippen LogP contribution in [0.1, 0.15) is 12.0 Å². The quantitative estimate of drug-likeness (QED) is 0.512. The predicted octanol–water partition coefficient (Wildman–Crippen LogP) is 3.33. The number of aromatic amines is 2. The summed E-state index contributed by atoms with van der Waals surface area (Å²) in [4.78, 5) is 15.1. The van der Waals surface area contributed by atoms with E-state index < -0.39 is 0 Å². The summed E-state index contributed by atoms with van der Waals surface area (Å²) in [6.07, 6.45) is 11.5. The minimum absolute atomic E-state index is 0.820. The van der Waals surface area contributed by atoms with Crippen LogP contribution in [0.2, 0.25) is 0 Å². The molecule has 0 aliphatic carbocycles. The molecule has 0 spiro atoms. The molecule has 2 N–H and O–H groups in total. The third kappa shape index (κ3) is 2.54. The van der Waals surface area contributed by atoms with Gasteiger partial charge in [0, 0.05) is 47.7 Å². The second-order valence-electron chi connectivity index (χ2n) is 6.29. The lowest BCUT2D eigenvalue weighted by Gasteiger charge is -2.00. The smallest absolute Gasteiger partial charge is 0.137 e. The van der Waals surface area contributed by atoms with Crippen molar-refractivity contribution in [3.63, 3.8) is 0 Å². The molecule has 0 aliphatic heterocycles. The Morgan fingerprint density at radius 1 is 0.923 bits per heavy atom. The van der Waals surface area contributed by atoms with Crippen molar-refractivity contribution in [2.24, 2.45) is 0 Å². The second kappa shape index (κ2) is 6.11. The van der Waals surface area contributed by atoms with Crippen LogP contribution in [-0.2, 0) is 13.0 Å². The zero-order valence-electron chi connectivity index (χ0n) is 14.1. The zero-order chi connectivity index (χ0) is 17.3. The van der Waals surface area contributed by atoms with Crippen molar-refractivity contribution in [2.45, 2.75) is 19.4 Å². The van der Waals surface area contributed by atoms with E-state index in [1.165, 1.54) is 10.9 Å². The summed E-state index contributed by atoms with van der Waals surface area (Å²) in [6, 6.07) is 8.05. The molecule has 0 unspecified atom stereocenters. The van der Waals surface area contributed by atoms with Crippen molar-refractivity contribution >= 4 is 22.1 Å². The molecule has 5 heterocycles. The number of hydrogen-bond acceptors (Lipinski definition) is 4. The van der Waals surface area contributed by atoms with Gasteiger partial charge in [0.25, 0.3) is 0 Å². The van der Waals surface area contributed by atoms with Crippen LogP contribution in [0.25, 0.3) is 33.3 Å². The van der Waals surface area contributed by atoms with Crippen molar-refractivity contribution in [3.8, 4) is 11.3 Å². The van der Waals surface area contributed by atoms with Gasteiger partial charge in [-0.2, -0.15) is 0 Å². The summed E-state index contributed by atoms with van der Waals surface area (Å²) in [5.74, 6) is 0. The molecule has 128 valence electrons. The van der Waals surface area contributed by atoms with Gasteiger partial charge in [0.2, 0.25) is 0 Å². The van der Waals surface area contributed by atoms with Gasteiger partial charge in [-0.05, 0) is 42.7 Å². The number of fused-ring (bicyclic) bond motifs is 2. The lowest BCUT2D eigenvalue weighted by molar-refractivity contribution is 0.559. The second-order valence-corrected chi connectivity index (χ2v) is 6.29. The molecule has 0 bridgehead atoms. The molecule has 26 heavy (non-hydrogen) atoms. The molecular weight excluding hydrogens is 326 g/mol. The van der Waals surface area contributed by atoms with Crippen molar-refractivity contribution in [1.82, 2.24) is 34.9 Å². The van der Waals surface area contributed by atoms with Gasteiger partial charge >= 0.3 is 0 Å². The fourth-order valence-corrected chi connectivity index (χ4v) is 3.35. The molecule has 0 atom stereocenters. The maximum absolute atomic E-state index is 4.33. The number of nitrogens with zero attached hydrogens (tertiary/aromatic N) is 5. The highest BCUT2D eigenvalue weighted by atomic mass is 15.4. The van der Waals surface area contributed by atoms with Gasteiger partial charge in [-0.1, -0.05) is 5.21 Å². The van der Waals surface area contributed by atoms with E-state index in [1.54, 1.807) is 12.4 Å². The van der Waals surface area contributed by atoms with Gasteiger partial charge in [0.05, 0.1) is 6.20 Å². The summed E-state index contributed by atoms with van der Waals surface area (Å²) < 4.78 is 1.90. The lowest BCUT2D eigenvalue weighted by atomic mass is 10.1. The number of aromatic nitrogens is 7. The Bertz CT molecular complexity index is 1180. The topological polar surface area (TPSA) is 88.1 Å². The number of aryl methyl sites for hydroxylation is 2. The molecule has 7 heteroatoms. The minimum Gasteiger partial charge on any atom is -0.346 e. The molecule has 5 aromatic heterocycles. The Kier molecular flexibility index (Phi) is 3.48. The molecule has 5 rings (SSSR count). The van der Waals surface area contributed by atoms with Crippen LogP contribution in [0, 0.1) is 0 Å². The summed E-state index contributed by atoms with van der Waals surface area (Å²) in [6.45, 7) is 0.820. The fourth-order valence-electron chi connectivity index (χ4n) is 3.35. The van der Waals surface area contributed by atoms with Crippen molar-refractivity contribution in [1.29, 1.82) is 0 Å². The average molecular weight is 343 g/mol. The van der Waals surface area contributed by atoms with E-state index in [0.717, 1.165) is 47.3 Å². The lowest BCUT2D eigenvalue weighted by Crippen LogP contribution is -2.00. The fraction of sp³-hybridized carbons (Fsp3) is 0.158. The predicted molar refractivity (Wildman–Crippen MR) is 99.5 cm³/mol. The van der Waals surface area contributed by atoms with Crippen LogP contribution >= 0.6 is 0 Å². The first-order chi connectivity index (χ1) is 12.9. The van der Waals surface area contributed by atoms with E-state index in [0.29, 0.717) is 0 Å². The molecule has 0 saturated carbocycles. The first-order valence-corrected chi connectivity index (χ1v) is 8.62. The number of H-pyrrole nitrogens is 2. The van der Waals surface area contributed by atoms with Gasteiger partial charge in [0.1, 0.15) is 17.0 Å². The Morgan fingerprint density at radius 2 is 1.69 bits per heavy atom. The van der Waals surface area contributed by atoms with Crippen molar-refractivity contribution in [3.05, 3.63) is 60.8 Å². The van der Waals surface area contributed by atoms with E-state index in [4.69, 9.17) is 0 Å². The summed E-state index contributed by atoms with van der Waals surface area (Å²) >= 11 is 0. The highest BCUT2D eigenvalue weighted by molar-refractivity contribution is 5.92. The summed E-state index contributed by atoms with van der Waals surface area (Å²) in [7, 11) is 0.